The molecule has 0 spiro atoms. The molecule has 0 radical (unpaired) electrons. The third-order valence-electron chi connectivity index (χ3n) is 5.05. The fourth-order valence-electron chi connectivity index (χ4n) is 3.40. The topological polar surface area (TPSA) is 75.2 Å². The Morgan fingerprint density at radius 2 is 1.86 bits per heavy atom. The van der Waals surface area contributed by atoms with Crippen LogP contribution in [0, 0.1) is 5.92 Å². The molecule has 6 nitrogen and oxygen atoms in total. The summed E-state index contributed by atoms with van der Waals surface area (Å²) in [6.45, 7) is 2.47. The van der Waals surface area contributed by atoms with Crippen LogP contribution in [0.4, 0.5) is 10.8 Å². The van der Waals surface area contributed by atoms with Crippen LogP contribution >= 0.6 is 11.3 Å². The van der Waals surface area contributed by atoms with Gasteiger partial charge in [-0.25, -0.2) is 0 Å². The van der Waals surface area contributed by atoms with E-state index in [9.17, 15) is 9.59 Å². The first-order valence-corrected chi connectivity index (χ1v) is 10.5. The van der Waals surface area contributed by atoms with Gasteiger partial charge in [0.1, 0.15) is 5.01 Å². The van der Waals surface area contributed by atoms with Crippen LogP contribution in [0.2, 0.25) is 0 Å². The average Bonchev–Trinajstić information content (AvgIpc) is 3.35. The number of carbonyl (C=O) groups is 2. The van der Waals surface area contributed by atoms with Gasteiger partial charge in [-0.1, -0.05) is 60.7 Å². The van der Waals surface area contributed by atoms with Gasteiger partial charge in [0.15, 0.2) is 0 Å². The number of rotatable bonds is 6. The van der Waals surface area contributed by atoms with Gasteiger partial charge in [0, 0.05) is 25.1 Å². The fourth-order valence-corrected chi connectivity index (χ4v) is 4.17. The molecule has 1 aliphatic rings. The summed E-state index contributed by atoms with van der Waals surface area (Å²) in [5.74, 6) is -0.611. The Bertz CT molecular complexity index is 1000. The predicted molar refractivity (Wildman–Crippen MR) is 114 cm³/mol. The van der Waals surface area contributed by atoms with Crippen LogP contribution in [-0.2, 0) is 22.4 Å². The largest absolute Gasteiger partial charge is 0.312 e. The Morgan fingerprint density at radius 1 is 1.10 bits per heavy atom. The third kappa shape index (κ3) is 4.51. The van der Waals surface area contributed by atoms with Crippen molar-refractivity contribution in [1.82, 2.24) is 10.2 Å². The fraction of sp³-hybridized carbons (Fsp3) is 0.273. The number of anilines is 2. The van der Waals surface area contributed by atoms with Gasteiger partial charge >= 0.3 is 0 Å². The lowest BCUT2D eigenvalue weighted by molar-refractivity contribution is -0.122. The molecule has 7 heteroatoms. The number of hydrogen-bond acceptors (Lipinski definition) is 5. The summed E-state index contributed by atoms with van der Waals surface area (Å²) < 4.78 is 0. The molecule has 1 N–H and O–H groups in total. The van der Waals surface area contributed by atoms with Gasteiger partial charge in [0.25, 0.3) is 0 Å². The van der Waals surface area contributed by atoms with Crippen molar-refractivity contribution in [2.45, 2.75) is 26.2 Å². The van der Waals surface area contributed by atoms with E-state index in [-0.39, 0.29) is 18.2 Å². The quantitative estimate of drug-likeness (QED) is 0.678. The molecule has 1 saturated heterocycles. The summed E-state index contributed by atoms with van der Waals surface area (Å²) in [7, 11) is 0. The average molecular weight is 407 g/mol. The van der Waals surface area contributed by atoms with E-state index in [0.29, 0.717) is 18.1 Å². The molecular weight excluding hydrogens is 384 g/mol. The molecule has 1 aliphatic heterocycles. The van der Waals surface area contributed by atoms with Crippen molar-refractivity contribution >= 4 is 34.0 Å². The van der Waals surface area contributed by atoms with E-state index in [1.807, 2.05) is 54.6 Å². The van der Waals surface area contributed by atoms with Crippen LogP contribution in [0.1, 0.15) is 29.5 Å². The molecule has 2 heterocycles. The number of nitrogens with one attached hydrogen (secondary N) is 1. The van der Waals surface area contributed by atoms with E-state index in [4.69, 9.17) is 0 Å². The minimum atomic E-state index is -0.394. The van der Waals surface area contributed by atoms with E-state index >= 15 is 0 Å². The zero-order valence-electron chi connectivity index (χ0n) is 16.2. The van der Waals surface area contributed by atoms with Gasteiger partial charge in [-0.05, 0) is 29.7 Å². The maximum absolute atomic E-state index is 12.7. The van der Waals surface area contributed by atoms with Gasteiger partial charge < -0.3 is 10.2 Å². The van der Waals surface area contributed by atoms with Crippen LogP contribution in [0.25, 0.3) is 0 Å². The normalized spacial score (nSPS) is 16.2. The number of hydrogen-bond donors (Lipinski definition) is 1. The van der Waals surface area contributed by atoms with Gasteiger partial charge in [-0.2, -0.15) is 0 Å². The van der Waals surface area contributed by atoms with E-state index in [1.54, 1.807) is 4.90 Å². The number of nitrogens with zero attached hydrogens (tertiary/aromatic N) is 3. The summed E-state index contributed by atoms with van der Waals surface area (Å²) in [6, 6.07) is 17.9. The Morgan fingerprint density at radius 3 is 2.59 bits per heavy atom. The predicted octanol–water partition coefficient (Wildman–Crippen LogP) is 3.68. The van der Waals surface area contributed by atoms with E-state index in [1.165, 1.54) is 16.9 Å². The smallest absolute Gasteiger partial charge is 0.231 e. The number of benzene rings is 2. The van der Waals surface area contributed by atoms with Gasteiger partial charge in [-0.3, -0.25) is 9.59 Å². The van der Waals surface area contributed by atoms with E-state index in [2.05, 4.69) is 22.4 Å². The molecule has 4 rings (SSSR count). The molecule has 1 unspecified atom stereocenters. The number of aromatic nitrogens is 2. The highest BCUT2D eigenvalue weighted by Gasteiger charge is 2.35. The summed E-state index contributed by atoms with van der Waals surface area (Å²) in [5.41, 5.74) is 3.20. The molecule has 29 heavy (non-hydrogen) atoms. The van der Waals surface area contributed by atoms with Crippen LogP contribution in [0.5, 0.6) is 0 Å². The van der Waals surface area contributed by atoms with E-state index in [0.717, 1.165) is 22.7 Å². The number of carbonyl (C=O) groups excluding carboxylic acids is 2. The second-order valence-electron chi connectivity index (χ2n) is 7.08. The van der Waals surface area contributed by atoms with Crippen molar-refractivity contribution in [2.24, 2.45) is 5.92 Å². The van der Waals surface area contributed by atoms with Crippen molar-refractivity contribution in [1.29, 1.82) is 0 Å². The minimum Gasteiger partial charge on any atom is -0.312 e. The third-order valence-corrected chi connectivity index (χ3v) is 5.89. The standard InChI is InChI=1S/C22H22N4O2S/c1-2-15-8-10-18(11-9-15)26-14-17(13-20(26)27)21(28)23-22-25-24-19(29-22)12-16-6-4-3-5-7-16/h3-11,17H,2,12-14H2,1H3,(H,23,25,28). The maximum atomic E-state index is 12.7. The molecule has 0 saturated carbocycles. The lowest BCUT2D eigenvalue weighted by Gasteiger charge is -2.17. The molecule has 0 bridgehead atoms. The van der Waals surface area contributed by atoms with E-state index < -0.39 is 5.92 Å². The van der Waals surface area contributed by atoms with Crippen LogP contribution in [0.15, 0.2) is 54.6 Å². The summed E-state index contributed by atoms with van der Waals surface area (Å²) in [4.78, 5) is 26.8. The Kier molecular flexibility index (Phi) is 5.67. The van der Waals surface area contributed by atoms with Crippen LogP contribution < -0.4 is 10.2 Å². The second-order valence-corrected chi connectivity index (χ2v) is 8.14. The summed E-state index contributed by atoms with van der Waals surface area (Å²) in [6.07, 6.45) is 1.84. The first kappa shape index (κ1) is 19.3. The lowest BCUT2D eigenvalue weighted by atomic mass is 10.1. The molecule has 1 atom stereocenters. The zero-order valence-corrected chi connectivity index (χ0v) is 17.0. The highest BCUT2D eigenvalue weighted by Crippen LogP contribution is 2.27. The highest BCUT2D eigenvalue weighted by molar-refractivity contribution is 7.15. The summed E-state index contributed by atoms with van der Waals surface area (Å²) >= 11 is 1.36. The molecule has 148 valence electrons. The highest BCUT2D eigenvalue weighted by atomic mass is 32.1. The SMILES string of the molecule is CCc1ccc(N2CC(C(=O)Nc3nnc(Cc4ccccc4)s3)CC2=O)cc1. The Balaban J connectivity index is 1.37. The van der Waals surface area contributed by atoms with Crippen molar-refractivity contribution in [2.75, 3.05) is 16.8 Å². The van der Waals surface area contributed by atoms with Crippen LogP contribution in [0.3, 0.4) is 0 Å². The number of aryl methyl sites for hydroxylation is 1. The first-order valence-electron chi connectivity index (χ1n) is 9.69. The molecule has 1 fully saturated rings. The second kappa shape index (κ2) is 8.53. The molecule has 3 aromatic rings. The van der Waals surface area contributed by atoms with Crippen LogP contribution in [-0.4, -0.2) is 28.6 Å². The minimum absolute atomic E-state index is 0.0311. The van der Waals surface area contributed by atoms with Crippen molar-refractivity contribution < 1.29 is 9.59 Å². The summed E-state index contributed by atoms with van der Waals surface area (Å²) in [5, 5.41) is 12.4. The maximum Gasteiger partial charge on any atom is 0.231 e. The van der Waals surface area contributed by atoms with Gasteiger partial charge in [-0.15, -0.1) is 10.2 Å². The monoisotopic (exact) mass is 406 g/mol. The molecule has 2 amide bonds. The van der Waals surface area contributed by atoms with Gasteiger partial charge in [0.2, 0.25) is 16.9 Å². The zero-order chi connectivity index (χ0) is 20.2. The molecule has 0 aliphatic carbocycles. The van der Waals surface area contributed by atoms with Crippen molar-refractivity contribution in [3.8, 4) is 0 Å². The van der Waals surface area contributed by atoms with Crippen molar-refractivity contribution in [3.05, 3.63) is 70.7 Å². The molecule has 2 aromatic carbocycles. The van der Waals surface area contributed by atoms with Crippen molar-refractivity contribution in [3.63, 3.8) is 0 Å². The van der Waals surface area contributed by atoms with Gasteiger partial charge in [0.05, 0.1) is 5.92 Å². The molecular formula is C22H22N4O2S. The molecule has 1 aromatic heterocycles. The lowest BCUT2D eigenvalue weighted by Crippen LogP contribution is -2.28. The Hall–Kier alpha value is -3.06. The number of amides is 2. The first-order chi connectivity index (χ1) is 14.1. The Labute approximate surface area is 173 Å².